The molecule has 0 radical (unpaired) electrons. The maximum Gasteiger partial charge on any atom is 0.193 e. The first kappa shape index (κ1) is 20.0. The van der Waals surface area contributed by atoms with Gasteiger partial charge in [0.15, 0.2) is 5.43 Å². The number of hydrogen-bond acceptors (Lipinski definition) is 3. The smallest absolute Gasteiger partial charge is 0.193 e. The number of nitrogens with one attached hydrogen (secondary N) is 1. The summed E-state index contributed by atoms with van der Waals surface area (Å²) < 4.78 is 20.0. The maximum absolute atomic E-state index is 14.3. The lowest BCUT2D eigenvalue weighted by Crippen LogP contribution is -2.07. The van der Waals surface area contributed by atoms with Crippen LogP contribution >= 0.6 is 23.2 Å². The number of halogens is 3. The Morgan fingerprint density at radius 3 is 2.53 bits per heavy atom. The van der Waals surface area contributed by atoms with Crippen LogP contribution in [-0.2, 0) is 6.61 Å². The third-order valence-corrected chi connectivity index (χ3v) is 5.13. The lowest BCUT2D eigenvalue weighted by Gasteiger charge is -2.12. The standard InChI is InChI=1S/C23H13Cl2FN2O2/c24-15-4-1-13(2-5-15)12-30-22-9-16(26)8-20-23(22)21(29)10-19(28-20)17-7-14(11-27)3-6-18(17)25/h1-10H,12H2,(H,28,29). The summed E-state index contributed by atoms with van der Waals surface area (Å²) in [5, 5.41) is 10.3. The fraction of sp³-hybridized carbons (Fsp3) is 0.0435. The van der Waals surface area contributed by atoms with Gasteiger partial charge in [-0.05, 0) is 42.0 Å². The summed E-state index contributed by atoms with van der Waals surface area (Å²) in [5.41, 5.74) is 1.98. The van der Waals surface area contributed by atoms with Gasteiger partial charge in [0.05, 0.1) is 28.2 Å². The number of nitriles is 1. The molecule has 0 saturated heterocycles. The molecule has 0 spiro atoms. The van der Waals surface area contributed by atoms with Crippen LogP contribution in [0.3, 0.4) is 0 Å². The predicted molar refractivity (Wildman–Crippen MR) is 115 cm³/mol. The Bertz CT molecular complexity index is 1360. The second-order valence-electron chi connectivity index (χ2n) is 6.60. The van der Waals surface area contributed by atoms with Crippen molar-refractivity contribution in [2.24, 2.45) is 0 Å². The minimum absolute atomic E-state index is 0.129. The number of H-pyrrole nitrogens is 1. The first-order valence-electron chi connectivity index (χ1n) is 8.88. The molecule has 30 heavy (non-hydrogen) atoms. The van der Waals surface area contributed by atoms with Crippen LogP contribution in [0, 0.1) is 17.1 Å². The molecule has 0 fully saturated rings. The lowest BCUT2D eigenvalue weighted by molar-refractivity contribution is 0.308. The Balaban J connectivity index is 1.78. The zero-order chi connectivity index (χ0) is 21.3. The van der Waals surface area contributed by atoms with Crippen molar-refractivity contribution < 1.29 is 9.13 Å². The highest BCUT2D eigenvalue weighted by Crippen LogP contribution is 2.30. The Kier molecular flexibility index (Phi) is 5.45. The average molecular weight is 439 g/mol. The molecule has 1 N–H and O–H groups in total. The van der Waals surface area contributed by atoms with Gasteiger partial charge in [-0.25, -0.2) is 4.39 Å². The Morgan fingerprint density at radius 2 is 1.80 bits per heavy atom. The minimum atomic E-state index is -0.557. The maximum atomic E-state index is 14.3. The third kappa shape index (κ3) is 4.02. The van der Waals surface area contributed by atoms with E-state index in [-0.39, 0.29) is 28.7 Å². The van der Waals surface area contributed by atoms with Gasteiger partial charge in [-0.3, -0.25) is 4.79 Å². The first-order chi connectivity index (χ1) is 14.4. The van der Waals surface area contributed by atoms with Gasteiger partial charge >= 0.3 is 0 Å². The van der Waals surface area contributed by atoms with Gasteiger partial charge in [-0.15, -0.1) is 0 Å². The zero-order valence-electron chi connectivity index (χ0n) is 15.4. The number of nitrogens with zero attached hydrogens (tertiary/aromatic N) is 1. The number of rotatable bonds is 4. The van der Waals surface area contributed by atoms with Crippen LogP contribution in [0.15, 0.2) is 65.5 Å². The van der Waals surface area contributed by atoms with Crippen LogP contribution in [0.4, 0.5) is 4.39 Å². The molecule has 0 aliphatic heterocycles. The number of aromatic nitrogens is 1. The van der Waals surface area contributed by atoms with Crippen molar-refractivity contribution >= 4 is 34.1 Å². The number of aromatic amines is 1. The van der Waals surface area contributed by atoms with E-state index in [4.69, 9.17) is 33.2 Å². The molecule has 0 aliphatic rings. The number of fused-ring (bicyclic) bond motifs is 1. The lowest BCUT2D eigenvalue weighted by atomic mass is 10.1. The zero-order valence-corrected chi connectivity index (χ0v) is 16.9. The van der Waals surface area contributed by atoms with E-state index in [2.05, 4.69) is 4.98 Å². The normalized spacial score (nSPS) is 10.7. The summed E-state index contributed by atoms with van der Waals surface area (Å²) in [6.07, 6.45) is 0. The van der Waals surface area contributed by atoms with E-state index in [9.17, 15) is 9.18 Å². The molecule has 1 heterocycles. The fourth-order valence-electron chi connectivity index (χ4n) is 3.12. The number of ether oxygens (including phenoxy) is 1. The summed E-state index contributed by atoms with van der Waals surface area (Å²) in [6.45, 7) is 0.146. The Labute approximate surface area is 181 Å². The third-order valence-electron chi connectivity index (χ3n) is 4.55. The SMILES string of the molecule is N#Cc1ccc(Cl)c(-c2cc(=O)c3c(OCc4ccc(Cl)cc4)cc(F)cc3[nH]2)c1. The highest BCUT2D eigenvalue weighted by molar-refractivity contribution is 6.33. The van der Waals surface area contributed by atoms with Gasteiger partial charge in [0.2, 0.25) is 0 Å². The van der Waals surface area contributed by atoms with Gasteiger partial charge in [-0.1, -0.05) is 35.3 Å². The predicted octanol–water partition coefficient (Wildman–Crippen LogP) is 6.09. The van der Waals surface area contributed by atoms with Crippen LogP contribution < -0.4 is 10.2 Å². The fourth-order valence-corrected chi connectivity index (χ4v) is 3.47. The molecule has 7 heteroatoms. The highest BCUT2D eigenvalue weighted by Gasteiger charge is 2.14. The summed E-state index contributed by atoms with van der Waals surface area (Å²) in [7, 11) is 0. The van der Waals surface area contributed by atoms with Gasteiger partial charge in [0, 0.05) is 27.7 Å². The van der Waals surface area contributed by atoms with Crippen LogP contribution in [0.1, 0.15) is 11.1 Å². The number of hydrogen-bond donors (Lipinski definition) is 1. The van der Waals surface area contributed by atoms with Gasteiger partial charge in [0.25, 0.3) is 0 Å². The van der Waals surface area contributed by atoms with Crippen LogP contribution in [0.5, 0.6) is 5.75 Å². The van der Waals surface area contributed by atoms with Crippen molar-refractivity contribution in [2.75, 3.05) is 0 Å². The monoisotopic (exact) mass is 438 g/mol. The largest absolute Gasteiger partial charge is 0.488 e. The molecule has 148 valence electrons. The minimum Gasteiger partial charge on any atom is -0.488 e. The van der Waals surface area contributed by atoms with E-state index in [0.29, 0.717) is 26.9 Å². The van der Waals surface area contributed by atoms with Crippen molar-refractivity contribution in [2.45, 2.75) is 6.61 Å². The summed E-state index contributed by atoms with van der Waals surface area (Å²) in [6, 6.07) is 17.5. The van der Waals surface area contributed by atoms with Gasteiger partial charge < -0.3 is 9.72 Å². The molecule has 0 atom stereocenters. The molecule has 4 nitrogen and oxygen atoms in total. The van der Waals surface area contributed by atoms with Crippen molar-refractivity contribution in [1.82, 2.24) is 4.98 Å². The molecular weight excluding hydrogens is 426 g/mol. The van der Waals surface area contributed by atoms with E-state index in [1.807, 2.05) is 6.07 Å². The Hall–Kier alpha value is -3.33. The van der Waals surface area contributed by atoms with E-state index < -0.39 is 5.82 Å². The molecule has 0 saturated carbocycles. The topological polar surface area (TPSA) is 65.9 Å². The molecule has 4 aromatic rings. The van der Waals surface area contributed by atoms with Crippen LogP contribution in [0.2, 0.25) is 10.0 Å². The average Bonchev–Trinajstić information content (AvgIpc) is 2.73. The van der Waals surface area contributed by atoms with Crippen molar-refractivity contribution in [3.63, 3.8) is 0 Å². The second-order valence-corrected chi connectivity index (χ2v) is 7.44. The molecule has 0 bridgehead atoms. The molecule has 4 rings (SSSR count). The Morgan fingerprint density at radius 1 is 1.03 bits per heavy atom. The van der Waals surface area contributed by atoms with Crippen molar-refractivity contribution in [1.29, 1.82) is 5.26 Å². The number of pyridine rings is 1. The molecule has 0 unspecified atom stereocenters. The van der Waals surface area contributed by atoms with Gasteiger partial charge in [-0.2, -0.15) is 5.26 Å². The van der Waals surface area contributed by atoms with Gasteiger partial charge in [0.1, 0.15) is 18.2 Å². The van der Waals surface area contributed by atoms with E-state index in [1.165, 1.54) is 18.2 Å². The van der Waals surface area contributed by atoms with Crippen molar-refractivity contribution in [3.8, 4) is 23.1 Å². The first-order valence-corrected chi connectivity index (χ1v) is 9.64. The van der Waals surface area contributed by atoms with E-state index in [0.717, 1.165) is 5.56 Å². The molecular formula is C23H13Cl2FN2O2. The molecule has 0 aliphatic carbocycles. The van der Waals surface area contributed by atoms with Crippen LogP contribution in [-0.4, -0.2) is 4.98 Å². The molecule has 3 aromatic carbocycles. The summed E-state index contributed by atoms with van der Waals surface area (Å²) in [5.74, 6) is -0.428. The quantitative estimate of drug-likeness (QED) is 0.419. The van der Waals surface area contributed by atoms with E-state index >= 15 is 0 Å². The van der Waals surface area contributed by atoms with Crippen molar-refractivity contribution in [3.05, 3.63) is 97.9 Å². The van der Waals surface area contributed by atoms with E-state index in [1.54, 1.807) is 42.5 Å². The number of benzene rings is 3. The second kappa shape index (κ2) is 8.19. The highest BCUT2D eigenvalue weighted by atomic mass is 35.5. The summed E-state index contributed by atoms with van der Waals surface area (Å²) >= 11 is 12.1. The van der Waals surface area contributed by atoms with Crippen LogP contribution in [0.25, 0.3) is 22.2 Å². The summed E-state index contributed by atoms with van der Waals surface area (Å²) in [4.78, 5) is 15.9. The molecule has 0 amide bonds. The molecule has 1 aromatic heterocycles.